The van der Waals surface area contributed by atoms with Gasteiger partial charge in [0, 0.05) is 11.7 Å². The van der Waals surface area contributed by atoms with Crippen LogP contribution in [0.25, 0.3) is 0 Å². The quantitative estimate of drug-likeness (QED) is 0.810. The van der Waals surface area contributed by atoms with Crippen molar-refractivity contribution in [2.75, 3.05) is 5.32 Å². The first-order valence-electron chi connectivity index (χ1n) is 6.51. The van der Waals surface area contributed by atoms with Crippen molar-refractivity contribution in [1.29, 1.82) is 0 Å². The van der Waals surface area contributed by atoms with E-state index in [2.05, 4.69) is 5.32 Å². The molecule has 4 heteroatoms. The standard InChI is InChI=1S/C14H17ClN2S/c15-10-2-1-3-11(12(10)14(16)18)17-13(8-4-5-8)9-6-7-9/h1-3,8-9,13,17H,4-7H2,(H2,16,18). The first-order chi connectivity index (χ1) is 8.66. The molecule has 0 aromatic heterocycles. The number of hydrogen-bond acceptors (Lipinski definition) is 2. The van der Waals surface area contributed by atoms with Gasteiger partial charge in [0.1, 0.15) is 4.99 Å². The van der Waals surface area contributed by atoms with Crippen LogP contribution in [-0.2, 0) is 0 Å². The second-order valence-electron chi connectivity index (χ2n) is 5.37. The smallest absolute Gasteiger partial charge is 0.107 e. The van der Waals surface area contributed by atoms with Crippen molar-refractivity contribution >= 4 is 34.5 Å². The molecule has 0 heterocycles. The van der Waals surface area contributed by atoms with Crippen molar-refractivity contribution in [3.05, 3.63) is 28.8 Å². The Labute approximate surface area is 118 Å². The highest BCUT2D eigenvalue weighted by Gasteiger charge is 2.41. The molecule has 0 atom stereocenters. The summed E-state index contributed by atoms with van der Waals surface area (Å²) in [6.45, 7) is 0. The fourth-order valence-electron chi connectivity index (χ4n) is 2.61. The molecule has 2 aliphatic carbocycles. The van der Waals surface area contributed by atoms with E-state index in [1.165, 1.54) is 25.7 Å². The maximum absolute atomic E-state index is 6.19. The van der Waals surface area contributed by atoms with Gasteiger partial charge in [-0.1, -0.05) is 29.9 Å². The van der Waals surface area contributed by atoms with Crippen LogP contribution in [0.15, 0.2) is 18.2 Å². The molecule has 2 saturated carbocycles. The monoisotopic (exact) mass is 280 g/mol. The van der Waals surface area contributed by atoms with E-state index in [0.29, 0.717) is 16.1 Å². The van der Waals surface area contributed by atoms with Gasteiger partial charge >= 0.3 is 0 Å². The summed E-state index contributed by atoms with van der Waals surface area (Å²) >= 11 is 11.3. The zero-order valence-corrected chi connectivity index (χ0v) is 11.7. The third-order valence-electron chi connectivity index (χ3n) is 3.84. The van der Waals surface area contributed by atoms with Crippen LogP contribution in [0, 0.1) is 11.8 Å². The summed E-state index contributed by atoms with van der Waals surface area (Å²) < 4.78 is 0. The first kappa shape index (κ1) is 12.2. The van der Waals surface area contributed by atoms with Crippen LogP contribution in [0.3, 0.4) is 0 Å². The summed E-state index contributed by atoms with van der Waals surface area (Å²) in [6.07, 6.45) is 5.38. The molecule has 1 aromatic rings. The van der Waals surface area contributed by atoms with E-state index >= 15 is 0 Å². The van der Waals surface area contributed by atoms with E-state index in [-0.39, 0.29) is 0 Å². The summed E-state index contributed by atoms with van der Waals surface area (Å²) in [6, 6.07) is 6.39. The highest BCUT2D eigenvalue weighted by atomic mass is 35.5. The molecule has 3 rings (SSSR count). The van der Waals surface area contributed by atoms with Crippen LogP contribution >= 0.6 is 23.8 Å². The summed E-state index contributed by atoms with van der Waals surface area (Å²) in [5, 5.41) is 4.28. The molecule has 0 bridgehead atoms. The molecule has 18 heavy (non-hydrogen) atoms. The molecular formula is C14H17ClN2S. The van der Waals surface area contributed by atoms with Crippen LogP contribution in [0.4, 0.5) is 5.69 Å². The Bertz CT molecular complexity index is 469. The van der Waals surface area contributed by atoms with Crippen LogP contribution in [0.5, 0.6) is 0 Å². The highest BCUT2D eigenvalue weighted by molar-refractivity contribution is 7.80. The third kappa shape index (κ3) is 2.47. The number of nitrogens with one attached hydrogen (secondary N) is 1. The van der Waals surface area contributed by atoms with Gasteiger partial charge in [-0.15, -0.1) is 0 Å². The van der Waals surface area contributed by atoms with Gasteiger partial charge in [0.2, 0.25) is 0 Å². The Hall–Kier alpha value is -0.800. The Kier molecular flexibility index (Phi) is 3.20. The molecule has 3 N–H and O–H groups in total. The molecule has 2 nitrogen and oxygen atoms in total. The molecule has 0 amide bonds. The highest BCUT2D eigenvalue weighted by Crippen LogP contribution is 2.46. The maximum Gasteiger partial charge on any atom is 0.107 e. The molecule has 0 unspecified atom stereocenters. The van der Waals surface area contributed by atoms with Gasteiger partial charge in [0.15, 0.2) is 0 Å². The van der Waals surface area contributed by atoms with Crippen LogP contribution in [0.1, 0.15) is 31.2 Å². The van der Waals surface area contributed by atoms with Crippen molar-refractivity contribution in [3.63, 3.8) is 0 Å². The summed E-state index contributed by atoms with van der Waals surface area (Å²) in [5.41, 5.74) is 7.57. The molecule has 0 radical (unpaired) electrons. The number of nitrogens with two attached hydrogens (primary N) is 1. The van der Waals surface area contributed by atoms with Crippen LogP contribution in [0.2, 0.25) is 5.02 Å². The third-order valence-corrected chi connectivity index (χ3v) is 4.36. The predicted octanol–water partition coefficient (Wildman–Crippen LogP) is 3.57. The molecular weight excluding hydrogens is 264 g/mol. The van der Waals surface area contributed by atoms with Gasteiger partial charge in [0.05, 0.1) is 10.6 Å². The van der Waals surface area contributed by atoms with E-state index in [1.54, 1.807) is 0 Å². The van der Waals surface area contributed by atoms with E-state index in [1.807, 2.05) is 18.2 Å². The van der Waals surface area contributed by atoms with Gasteiger partial charge in [-0.3, -0.25) is 0 Å². The Balaban J connectivity index is 1.86. The Morgan fingerprint density at radius 3 is 2.39 bits per heavy atom. The zero-order valence-electron chi connectivity index (χ0n) is 10.2. The number of halogens is 1. The van der Waals surface area contributed by atoms with E-state index < -0.39 is 0 Å². The van der Waals surface area contributed by atoms with Crippen molar-refractivity contribution in [3.8, 4) is 0 Å². The fraction of sp³-hybridized carbons (Fsp3) is 0.500. The average molecular weight is 281 g/mol. The lowest BCUT2D eigenvalue weighted by atomic mass is 10.1. The summed E-state index contributed by atoms with van der Waals surface area (Å²) in [4.78, 5) is 0.369. The molecule has 0 saturated heterocycles. The minimum absolute atomic E-state index is 0.369. The van der Waals surface area contributed by atoms with Crippen molar-refractivity contribution in [2.24, 2.45) is 17.6 Å². The summed E-state index contributed by atoms with van der Waals surface area (Å²) in [5.74, 6) is 1.66. The van der Waals surface area contributed by atoms with Crippen LogP contribution in [-0.4, -0.2) is 11.0 Å². The largest absolute Gasteiger partial charge is 0.389 e. The molecule has 2 fully saturated rings. The number of hydrogen-bond donors (Lipinski definition) is 2. The van der Waals surface area contributed by atoms with Gasteiger partial charge in [-0.2, -0.15) is 0 Å². The van der Waals surface area contributed by atoms with Gasteiger partial charge in [-0.25, -0.2) is 0 Å². The first-order valence-corrected chi connectivity index (χ1v) is 7.30. The van der Waals surface area contributed by atoms with Crippen LogP contribution < -0.4 is 11.1 Å². The van der Waals surface area contributed by atoms with Gasteiger partial charge in [0.25, 0.3) is 0 Å². The molecule has 0 aliphatic heterocycles. The number of anilines is 1. The van der Waals surface area contributed by atoms with Crippen molar-refractivity contribution in [1.82, 2.24) is 0 Å². The topological polar surface area (TPSA) is 38.0 Å². The molecule has 96 valence electrons. The number of thiocarbonyl (C=S) groups is 1. The van der Waals surface area contributed by atoms with E-state index in [4.69, 9.17) is 29.6 Å². The van der Waals surface area contributed by atoms with E-state index in [0.717, 1.165) is 23.1 Å². The van der Waals surface area contributed by atoms with Crippen molar-refractivity contribution < 1.29 is 0 Å². The average Bonchev–Trinajstić information content (AvgIpc) is 3.17. The van der Waals surface area contributed by atoms with Gasteiger partial charge < -0.3 is 11.1 Å². The minimum atomic E-state index is 0.369. The summed E-state index contributed by atoms with van der Waals surface area (Å²) in [7, 11) is 0. The zero-order chi connectivity index (χ0) is 12.7. The lowest BCUT2D eigenvalue weighted by Crippen LogP contribution is -2.26. The molecule has 1 aromatic carbocycles. The number of benzene rings is 1. The Morgan fingerprint density at radius 1 is 1.28 bits per heavy atom. The number of rotatable bonds is 5. The SMILES string of the molecule is NC(=S)c1c(Cl)cccc1NC(C1CC1)C1CC1. The fourth-order valence-corrected chi connectivity index (χ4v) is 3.16. The van der Waals surface area contributed by atoms with Crippen molar-refractivity contribution in [2.45, 2.75) is 31.7 Å². The molecule has 2 aliphatic rings. The normalized spacial score (nSPS) is 19.0. The lowest BCUT2D eigenvalue weighted by molar-refractivity contribution is 0.568. The minimum Gasteiger partial charge on any atom is -0.389 e. The second kappa shape index (κ2) is 4.71. The molecule has 0 spiro atoms. The predicted molar refractivity (Wildman–Crippen MR) is 80.2 cm³/mol. The lowest BCUT2D eigenvalue weighted by Gasteiger charge is -2.21. The Morgan fingerprint density at radius 2 is 1.89 bits per heavy atom. The second-order valence-corrected chi connectivity index (χ2v) is 6.22. The van der Waals surface area contributed by atoms with E-state index in [9.17, 15) is 0 Å². The van der Waals surface area contributed by atoms with Gasteiger partial charge in [-0.05, 0) is 49.7 Å². The maximum atomic E-state index is 6.19.